The van der Waals surface area contributed by atoms with Crippen molar-refractivity contribution in [3.8, 4) is 10.4 Å². The van der Waals surface area contributed by atoms with Crippen LogP contribution in [0.1, 0.15) is 24.2 Å². The van der Waals surface area contributed by atoms with Crippen LogP contribution in [-0.4, -0.2) is 43.6 Å². The Hall–Kier alpha value is -2.98. The minimum Gasteiger partial charge on any atom is -0.463 e. The van der Waals surface area contributed by atoms with Crippen LogP contribution in [0.3, 0.4) is 0 Å². The molecule has 2 rings (SSSR count). The zero-order chi connectivity index (χ0) is 21.2. The predicted molar refractivity (Wildman–Crippen MR) is 109 cm³/mol. The third kappa shape index (κ3) is 6.54. The number of ether oxygens (including phenoxy) is 3. The highest BCUT2D eigenvalue weighted by Gasteiger charge is 2.23. The summed E-state index contributed by atoms with van der Waals surface area (Å²) in [4.78, 5) is 48.1. The predicted octanol–water partition coefficient (Wildman–Crippen LogP) is 3.25. The molecular weight excluding hydrogens is 418 g/mol. The Morgan fingerprint density at radius 1 is 1.00 bits per heavy atom. The van der Waals surface area contributed by atoms with E-state index in [0.717, 1.165) is 17.0 Å². The average Bonchev–Trinajstić information content (AvgIpc) is 3.34. The summed E-state index contributed by atoms with van der Waals surface area (Å²) in [6, 6.07) is 3.72. The highest BCUT2D eigenvalue weighted by Crippen LogP contribution is 2.38. The van der Waals surface area contributed by atoms with Crippen LogP contribution in [0.5, 0.6) is 0 Å². The fraction of sp³-hybridized carbons (Fsp3) is 0.263. The Labute approximate surface area is 175 Å². The van der Waals surface area contributed by atoms with Crippen molar-refractivity contribution in [2.45, 2.75) is 13.8 Å². The minimum absolute atomic E-state index is 0.178. The highest BCUT2D eigenvalue weighted by atomic mass is 32.1. The van der Waals surface area contributed by atoms with E-state index in [1.54, 1.807) is 19.2 Å². The smallest absolute Gasteiger partial charge is 0.341 e. The standard InChI is InChI=1S/C19H19NO7S2/c1-3-25-15(22)7-8-16(23)27-10-14(21)20-18-17(19(24)26-4-2)12(11-29-18)13-6-5-9-28-13/h5-9,11H,3-4,10H2,1-2H3,(H,20,21). The zero-order valence-electron chi connectivity index (χ0n) is 15.8. The summed E-state index contributed by atoms with van der Waals surface area (Å²) in [7, 11) is 0. The number of rotatable bonds is 9. The maximum Gasteiger partial charge on any atom is 0.341 e. The second-order valence-corrected chi connectivity index (χ2v) is 7.12. The molecule has 0 aliphatic carbocycles. The number of amides is 1. The van der Waals surface area contributed by atoms with E-state index in [1.807, 2.05) is 17.5 Å². The zero-order valence-corrected chi connectivity index (χ0v) is 17.4. The summed E-state index contributed by atoms with van der Waals surface area (Å²) in [5, 5.41) is 6.49. The van der Waals surface area contributed by atoms with Crippen molar-refractivity contribution in [3.63, 3.8) is 0 Å². The van der Waals surface area contributed by atoms with Crippen molar-refractivity contribution >= 4 is 51.5 Å². The number of hydrogen-bond acceptors (Lipinski definition) is 9. The van der Waals surface area contributed by atoms with Gasteiger partial charge in [0.15, 0.2) is 6.61 Å². The van der Waals surface area contributed by atoms with Gasteiger partial charge in [-0.15, -0.1) is 22.7 Å². The Bertz CT molecular complexity index is 900. The molecule has 0 spiro atoms. The first-order chi connectivity index (χ1) is 14.0. The Morgan fingerprint density at radius 2 is 1.69 bits per heavy atom. The summed E-state index contributed by atoms with van der Waals surface area (Å²) >= 11 is 2.62. The van der Waals surface area contributed by atoms with Gasteiger partial charge in [0.05, 0.1) is 13.2 Å². The molecule has 2 heterocycles. The molecule has 0 aromatic carbocycles. The van der Waals surface area contributed by atoms with Crippen LogP contribution in [0.25, 0.3) is 10.4 Å². The van der Waals surface area contributed by atoms with Gasteiger partial charge in [-0.3, -0.25) is 4.79 Å². The molecule has 0 saturated heterocycles. The molecule has 1 N–H and O–H groups in total. The van der Waals surface area contributed by atoms with Crippen LogP contribution in [0, 0.1) is 0 Å². The third-order valence-corrected chi connectivity index (χ3v) is 5.10. The fourth-order valence-corrected chi connectivity index (χ4v) is 3.93. The van der Waals surface area contributed by atoms with Gasteiger partial charge in [-0.25, -0.2) is 14.4 Å². The second-order valence-electron chi connectivity index (χ2n) is 5.29. The summed E-state index contributed by atoms with van der Waals surface area (Å²) in [6.45, 7) is 3.11. The van der Waals surface area contributed by atoms with Crippen LogP contribution < -0.4 is 5.32 Å². The first kappa shape index (κ1) is 22.3. The van der Waals surface area contributed by atoms with E-state index in [2.05, 4.69) is 10.1 Å². The molecular formula is C19H19NO7S2. The highest BCUT2D eigenvalue weighted by molar-refractivity contribution is 7.17. The van der Waals surface area contributed by atoms with E-state index in [-0.39, 0.29) is 18.8 Å². The van der Waals surface area contributed by atoms with E-state index in [4.69, 9.17) is 9.47 Å². The van der Waals surface area contributed by atoms with E-state index >= 15 is 0 Å². The van der Waals surface area contributed by atoms with Crippen LogP contribution in [0.2, 0.25) is 0 Å². The summed E-state index contributed by atoms with van der Waals surface area (Å²) < 4.78 is 14.5. The third-order valence-electron chi connectivity index (χ3n) is 3.30. The van der Waals surface area contributed by atoms with E-state index < -0.39 is 30.4 Å². The molecule has 154 valence electrons. The number of carbonyl (C=O) groups excluding carboxylic acids is 4. The van der Waals surface area contributed by atoms with Gasteiger partial charge >= 0.3 is 17.9 Å². The van der Waals surface area contributed by atoms with Crippen molar-refractivity contribution in [2.24, 2.45) is 0 Å². The molecule has 0 bridgehead atoms. The molecule has 0 atom stereocenters. The van der Waals surface area contributed by atoms with Crippen LogP contribution in [-0.2, 0) is 28.6 Å². The summed E-state index contributed by atoms with van der Waals surface area (Å²) in [6.07, 6.45) is 1.78. The van der Waals surface area contributed by atoms with Gasteiger partial charge in [-0.1, -0.05) is 6.07 Å². The van der Waals surface area contributed by atoms with Crippen LogP contribution in [0.4, 0.5) is 5.00 Å². The van der Waals surface area contributed by atoms with Gasteiger partial charge in [0.2, 0.25) is 0 Å². The largest absolute Gasteiger partial charge is 0.463 e. The molecule has 1 amide bonds. The van der Waals surface area contributed by atoms with Crippen molar-refractivity contribution in [1.82, 2.24) is 0 Å². The number of esters is 3. The molecule has 0 aliphatic heterocycles. The van der Waals surface area contributed by atoms with Crippen LogP contribution in [0.15, 0.2) is 35.0 Å². The van der Waals surface area contributed by atoms with Crippen LogP contribution >= 0.6 is 22.7 Å². The van der Waals surface area contributed by atoms with Crippen molar-refractivity contribution < 1.29 is 33.4 Å². The topological polar surface area (TPSA) is 108 Å². The SMILES string of the molecule is CCOC(=O)C=CC(=O)OCC(=O)Nc1scc(-c2cccs2)c1C(=O)OCC. The molecule has 0 saturated carbocycles. The first-order valence-corrected chi connectivity index (χ1v) is 10.4. The number of anilines is 1. The second kappa shape index (κ2) is 11.1. The van der Waals surface area contributed by atoms with E-state index in [0.29, 0.717) is 10.6 Å². The quantitative estimate of drug-likeness (QED) is 0.364. The Morgan fingerprint density at radius 3 is 2.31 bits per heavy atom. The van der Waals surface area contributed by atoms with Gasteiger partial charge in [-0.2, -0.15) is 0 Å². The molecule has 0 radical (unpaired) electrons. The van der Waals surface area contributed by atoms with Gasteiger partial charge in [0.25, 0.3) is 5.91 Å². The first-order valence-electron chi connectivity index (χ1n) is 8.60. The van der Waals surface area contributed by atoms with E-state index in [9.17, 15) is 19.2 Å². The number of hydrogen-bond donors (Lipinski definition) is 1. The van der Waals surface area contributed by atoms with Gasteiger partial charge in [0, 0.05) is 28.0 Å². The summed E-state index contributed by atoms with van der Waals surface area (Å²) in [5.74, 6) is -2.74. The molecule has 0 aliphatic rings. The number of carbonyl (C=O) groups is 4. The molecule has 0 fully saturated rings. The monoisotopic (exact) mass is 437 g/mol. The maximum atomic E-state index is 12.4. The lowest BCUT2D eigenvalue weighted by atomic mass is 10.1. The lowest BCUT2D eigenvalue weighted by molar-refractivity contribution is -0.143. The molecule has 8 nitrogen and oxygen atoms in total. The average molecular weight is 437 g/mol. The molecule has 2 aromatic heterocycles. The maximum absolute atomic E-state index is 12.4. The van der Waals surface area contributed by atoms with Gasteiger partial charge < -0.3 is 19.5 Å². The lowest BCUT2D eigenvalue weighted by Gasteiger charge is -2.08. The molecule has 2 aromatic rings. The summed E-state index contributed by atoms with van der Waals surface area (Å²) in [5.41, 5.74) is 0.911. The lowest BCUT2D eigenvalue weighted by Crippen LogP contribution is -2.21. The fourth-order valence-electron chi connectivity index (χ4n) is 2.14. The van der Waals surface area contributed by atoms with Gasteiger partial charge in [0.1, 0.15) is 10.6 Å². The van der Waals surface area contributed by atoms with E-state index in [1.165, 1.54) is 22.7 Å². The molecule has 0 unspecified atom stereocenters. The van der Waals surface area contributed by atoms with Crippen molar-refractivity contribution in [1.29, 1.82) is 0 Å². The van der Waals surface area contributed by atoms with Gasteiger partial charge in [-0.05, 0) is 25.3 Å². The minimum atomic E-state index is -0.871. The number of nitrogens with one attached hydrogen (secondary N) is 1. The number of thiophene rings is 2. The molecule has 29 heavy (non-hydrogen) atoms. The molecule has 10 heteroatoms. The normalized spacial score (nSPS) is 10.6. The Balaban J connectivity index is 2.03. The Kier molecular flexibility index (Phi) is 8.56. The van der Waals surface area contributed by atoms with Crippen molar-refractivity contribution in [2.75, 3.05) is 25.1 Å². The van der Waals surface area contributed by atoms with Crippen molar-refractivity contribution in [3.05, 3.63) is 40.6 Å².